The van der Waals surface area contributed by atoms with Crippen LogP contribution in [-0.4, -0.2) is 48.9 Å². The van der Waals surface area contributed by atoms with Gasteiger partial charge in [-0.1, -0.05) is 18.2 Å². The molecule has 1 saturated heterocycles. The van der Waals surface area contributed by atoms with Gasteiger partial charge in [-0.15, -0.1) is 0 Å². The van der Waals surface area contributed by atoms with Crippen molar-refractivity contribution in [3.05, 3.63) is 30.3 Å². The number of benzene rings is 1. The summed E-state index contributed by atoms with van der Waals surface area (Å²) >= 11 is 0. The Hall–Kier alpha value is -1.92. The number of nitrogens with one attached hydrogen (secondary N) is 2. The summed E-state index contributed by atoms with van der Waals surface area (Å²) in [6, 6.07) is 9.51. The van der Waals surface area contributed by atoms with E-state index in [1.165, 1.54) is 0 Å². The van der Waals surface area contributed by atoms with Gasteiger partial charge in [0, 0.05) is 11.7 Å². The average Bonchev–Trinajstić information content (AvgIpc) is 2.48. The van der Waals surface area contributed by atoms with Crippen molar-refractivity contribution in [3.8, 4) is 0 Å². The predicted molar refractivity (Wildman–Crippen MR) is 81.7 cm³/mol. The van der Waals surface area contributed by atoms with Crippen molar-refractivity contribution < 1.29 is 9.59 Å². The average molecular weight is 290 g/mol. The highest BCUT2D eigenvalue weighted by atomic mass is 16.2. The SMILES string of the molecule is NC(=O)CN(CC(=O)Nc1ccccc1)C1CCNCC1. The number of carbonyl (C=O) groups is 2. The molecule has 1 heterocycles. The minimum atomic E-state index is -0.402. The van der Waals surface area contributed by atoms with Gasteiger partial charge < -0.3 is 16.4 Å². The Morgan fingerprint density at radius 3 is 2.48 bits per heavy atom. The van der Waals surface area contributed by atoms with E-state index in [-0.39, 0.29) is 25.0 Å². The zero-order valence-corrected chi connectivity index (χ0v) is 12.0. The van der Waals surface area contributed by atoms with E-state index in [9.17, 15) is 9.59 Å². The molecule has 0 bridgehead atoms. The van der Waals surface area contributed by atoms with E-state index in [4.69, 9.17) is 5.73 Å². The number of para-hydroxylation sites is 1. The third-order valence-electron chi connectivity index (χ3n) is 3.59. The Kier molecular flexibility index (Phi) is 5.71. The first-order valence-electron chi connectivity index (χ1n) is 7.23. The lowest BCUT2D eigenvalue weighted by atomic mass is 10.0. The molecule has 21 heavy (non-hydrogen) atoms. The number of rotatable bonds is 6. The molecule has 4 N–H and O–H groups in total. The fraction of sp³-hybridized carbons (Fsp3) is 0.467. The lowest BCUT2D eigenvalue weighted by Crippen LogP contribution is -2.49. The molecule has 2 amide bonds. The minimum Gasteiger partial charge on any atom is -0.369 e. The van der Waals surface area contributed by atoms with Gasteiger partial charge in [-0.05, 0) is 38.1 Å². The molecule has 6 nitrogen and oxygen atoms in total. The van der Waals surface area contributed by atoms with Crippen LogP contribution in [0.15, 0.2) is 30.3 Å². The number of anilines is 1. The Bertz CT molecular complexity index is 472. The van der Waals surface area contributed by atoms with Gasteiger partial charge in [-0.3, -0.25) is 14.5 Å². The number of nitrogens with two attached hydrogens (primary N) is 1. The van der Waals surface area contributed by atoms with Gasteiger partial charge in [0.1, 0.15) is 0 Å². The largest absolute Gasteiger partial charge is 0.369 e. The summed E-state index contributed by atoms with van der Waals surface area (Å²) in [6.07, 6.45) is 1.85. The monoisotopic (exact) mass is 290 g/mol. The van der Waals surface area contributed by atoms with E-state index in [1.54, 1.807) is 0 Å². The highest BCUT2D eigenvalue weighted by Gasteiger charge is 2.24. The van der Waals surface area contributed by atoms with E-state index >= 15 is 0 Å². The van der Waals surface area contributed by atoms with Crippen molar-refractivity contribution in [1.82, 2.24) is 10.2 Å². The molecule has 1 aromatic carbocycles. The Balaban J connectivity index is 1.93. The molecule has 0 radical (unpaired) electrons. The Morgan fingerprint density at radius 2 is 1.86 bits per heavy atom. The van der Waals surface area contributed by atoms with Gasteiger partial charge in [0.05, 0.1) is 13.1 Å². The third-order valence-corrected chi connectivity index (χ3v) is 3.59. The molecule has 1 aliphatic heterocycles. The van der Waals surface area contributed by atoms with Crippen LogP contribution in [0, 0.1) is 0 Å². The van der Waals surface area contributed by atoms with Crippen LogP contribution in [0.5, 0.6) is 0 Å². The zero-order valence-electron chi connectivity index (χ0n) is 12.0. The molecule has 0 atom stereocenters. The first-order chi connectivity index (χ1) is 10.1. The second-order valence-electron chi connectivity index (χ2n) is 5.27. The summed E-state index contributed by atoms with van der Waals surface area (Å²) in [7, 11) is 0. The van der Waals surface area contributed by atoms with Crippen LogP contribution in [0.3, 0.4) is 0 Å². The first kappa shape index (κ1) is 15.5. The molecule has 0 unspecified atom stereocenters. The van der Waals surface area contributed by atoms with Crippen molar-refractivity contribution in [2.75, 3.05) is 31.5 Å². The summed E-state index contributed by atoms with van der Waals surface area (Å²) in [5.74, 6) is -0.526. The molecule has 1 fully saturated rings. The normalized spacial score (nSPS) is 15.9. The molecular formula is C15H22N4O2. The molecule has 0 aromatic heterocycles. The number of carbonyl (C=O) groups excluding carboxylic acids is 2. The number of primary amides is 1. The Labute approximate surface area is 124 Å². The van der Waals surface area contributed by atoms with Gasteiger partial charge in [-0.2, -0.15) is 0 Å². The van der Waals surface area contributed by atoms with E-state index in [0.29, 0.717) is 0 Å². The van der Waals surface area contributed by atoms with Gasteiger partial charge in [0.25, 0.3) is 0 Å². The molecule has 2 rings (SSSR count). The zero-order chi connectivity index (χ0) is 15.1. The maximum absolute atomic E-state index is 12.1. The lowest BCUT2D eigenvalue weighted by molar-refractivity contribution is -0.122. The summed E-state index contributed by atoms with van der Waals surface area (Å²) in [6.45, 7) is 2.11. The van der Waals surface area contributed by atoms with Crippen LogP contribution in [0.25, 0.3) is 0 Å². The summed E-state index contributed by atoms with van der Waals surface area (Å²) in [5, 5.41) is 6.11. The van der Waals surface area contributed by atoms with Gasteiger partial charge in [0.15, 0.2) is 0 Å². The summed E-state index contributed by atoms with van der Waals surface area (Å²) < 4.78 is 0. The fourth-order valence-electron chi connectivity index (χ4n) is 2.59. The van der Waals surface area contributed by atoms with Crippen molar-refractivity contribution in [1.29, 1.82) is 0 Å². The maximum Gasteiger partial charge on any atom is 0.238 e. The quantitative estimate of drug-likeness (QED) is 0.696. The highest BCUT2D eigenvalue weighted by molar-refractivity contribution is 5.92. The van der Waals surface area contributed by atoms with Crippen molar-refractivity contribution >= 4 is 17.5 Å². The smallest absolute Gasteiger partial charge is 0.238 e. The van der Waals surface area contributed by atoms with Crippen LogP contribution in [-0.2, 0) is 9.59 Å². The van der Waals surface area contributed by atoms with Gasteiger partial charge in [-0.25, -0.2) is 0 Å². The summed E-state index contributed by atoms with van der Waals surface area (Å²) in [5.41, 5.74) is 6.06. The first-order valence-corrected chi connectivity index (χ1v) is 7.23. The van der Waals surface area contributed by atoms with E-state index in [2.05, 4.69) is 10.6 Å². The van der Waals surface area contributed by atoms with Crippen LogP contribution < -0.4 is 16.4 Å². The fourth-order valence-corrected chi connectivity index (χ4v) is 2.59. The molecule has 0 aliphatic carbocycles. The standard InChI is InChI=1S/C15H22N4O2/c16-14(20)10-19(13-6-8-17-9-7-13)11-15(21)18-12-4-2-1-3-5-12/h1-5,13,17H,6-11H2,(H2,16,20)(H,18,21). The third kappa shape index (κ3) is 5.17. The number of hydrogen-bond donors (Lipinski definition) is 3. The topological polar surface area (TPSA) is 87.5 Å². The van der Waals surface area contributed by atoms with E-state index < -0.39 is 5.91 Å². The van der Waals surface area contributed by atoms with Crippen molar-refractivity contribution in [3.63, 3.8) is 0 Å². The number of nitrogens with zero attached hydrogens (tertiary/aromatic N) is 1. The molecular weight excluding hydrogens is 268 g/mol. The molecule has 1 aromatic rings. The van der Waals surface area contributed by atoms with E-state index in [0.717, 1.165) is 31.6 Å². The van der Waals surface area contributed by atoms with Gasteiger partial charge in [0.2, 0.25) is 11.8 Å². The van der Waals surface area contributed by atoms with Crippen LogP contribution in [0.2, 0.25) is 0 Å². The molecule has 6 heteroatoms. The lowest BCUT2D eigenvalue weighted by Gasteiger charge is -2.33. The van der Waals surface area contributed by atoms with E-state index in [1.807, 2.05) is 35.2 Å². The molecule has 114 valence electrons. The number of piperidine rings is 1. The van der Waals surface area contributed by atoms with Crippen LogP contribution >= 0.6 is 0 Å². The second-order valence-corrected chi connectivity index (χ2v) is 5.27. The molecule has 0 saturated carbocycles. The van der Waals surface area contributed by atoms with Gasteiger partial charge >= 0.3 is 0 Å². The number of hydrogen-bond acceptors (Lipinski definition) is 4. The molecule has 1 aliphatic rings. The Morgan fingerprint density at radius 1 is 1.19 bits per heavy atom. The maximum atomic E-state index is 12.1. The number of amides is 2. The highest BCUT2D eigenvalue weighted by Crippen LogP contribution is 2.12. The predicted octanol–water partition coefficient (Wildman–Crippen LogP) is 0.164. The van der Waals surface area contributed by atoms with Crippen molar-refractivity contribution in [2.24, 2.45) is 5.73 Å². The second kappa shape index (κ2) is 7.75. The molecule has 0 spiro atoms. The summed E-state index contributed by atoms with van der Waals surface area (Å²) in [4.78, 5) is 25.2. The van der Waals surface area contributed by atoms with Crippen LogP contribution in [0.1, 0.15) is 12.8 Å². The van der Waals surface area contributed by atoms with Crippen LogP contribution in [0.4, 0.5) is 5.69 Å². The minimum absolute atomic E-state index is 0.118. The van der Waals surface area contributed by atoms with Crippen molar-refractivity contribution in [2.45, 2.75) is 18.9 Å².